The van der Waals surface area contributed by atoms with Gasteiger partial charge in [-0.25, -0.2) is 4.98 Å². The van der Waals surface area contributed by atoms with Crippen LogP contribution in [0.5, 0.6) is 0 Å². The minimum atomic E-state index is 0.605. The van der Waals surface area contributed by atoms with Crippen molar-refractivity contribution in [3.05, 3.63) is 17.3 Å². The van der Waals surface area contributed by atoms with Crippen molar-refractivity contribution in [3.8, 4) is 0 Å². The SMILES string of the molecule is Nc1cnc(NCC2CCCCC2)c(Cl)c1. The highest BCUT2D eigenvalue weighted by molar-refractivity contribution is 6.33. The molecule has 0 aromatic carbocycles. The van der Waals surface area contributed by atoms with Gasteiger partial charge in [0, 0.05) is 6.54 Å². The molecule has 0 atom stereocenters. The Labute approximate surface area is 101 Å². The van der Waals surface area contributed by atoms with Gasteiger partial charge in [-0.1, -0.05) is 30.9 Å². The fourth-order valence-electron chi connectivity index (χ4n) is 2.22. The van der Waals surface area contributed by atoms with E-state index < -0.39 is 0 Å². The highest BCUT2D eigenvalue weighted by Gasteiger charge is 2.13. The highest BCUT2D eigenvalue weighted by Crippen LogP contribution is 2.25. The normalized spacial score (nSPS) is 17.3. The first-order valence-corrected chi connectivity index (χ1v) is 6.28. The molecule has 3 N–H and O–H groups in total. The number of aromatic nitrogens is 1. The Bertz CT molecular complexity index is 348. The molecule has 0 saturated heterocycles. The number of halogens is 1. The summed E-state index contributed by atoms with van der Waals surface area (Å²) in [5, 5.41) is 3.92. The summed E-state index contributed by atoms with van der Waals surface area (Å²) in [5.74, 6) is 1.52. The van der Waals surface area contributed by atoms with E-state index >= 15 is 0 Å². The number of nitrogens with zero attached hydrogens (tertiary/aromatic N) is 1. The molecule has 1 saturated carbocycles. The van der Waals surface area contributed by atoms with E-state index in [1.54, 1.807) is 12.3 Å². The average molecular weight is 240 g/mol. The van der Waals surface area contributed by atoms with Gasteiger partial charge in [0.1, 0.15) is 5.82 Å². The van der Waals surface area contributed by atoms with Crippen LogP contribution in [0.4, 0.5) is 11.5 Å². The minimum Gasteiger partial charge on any atom is -0.397 e. The van der Waals surface area contributed by atoms with Crippen molar-refractivity contribution in [2.45, 2.75) is 32.1 Å². The van der Waals surface area contributed by atoms with E-state index in [0.29, 0.717) is 10.7 Å². The van der Waals surface area contributed by atoms with E-state index in [9.17, 15) is 0 Å². The topological polar surface area (TPSA) is 50.9 Å². The van der Waals surface area contributed by atoms with Crippen LogP contribution in [0.1, 0.15) is 32.1 Å². The van der Waals surface area contributed by atoms with Gasteiger partial charge in [0.15, 0.2) is 0 Å². The zero-order chi connectivity index (χ0) is 11.4. The smallest absolute Gasteiger partial charge is 0.144 e. The predicted octanol–water partition coefficient (Wildman–Crippen LogP) is 3.31. The second kappa shape index (κ2) is 5.39. The van der Waals surface area contributed by atoms with E-state index in [4.69, 9.17) is 17.3 Å². The Morgan fingerprint density at radius 1 is 1.38 bits per heavy atom. The molecular weight excluding hydrogens is 222 g/mol. The summed E-state index contributed by atoms with van der Waals surface area (Å²) >= 11 is 6.04. The lowest BCUT2D eigenvalue weighted by Crippen LogP contribution is -2.17. The van der Waals surface area contributed by atoms with Crippen LogP contribution in [-0.2, 0) is 0 Å². The standard InChI is InChI=1S/C12H18ClN3/c13-11-6-10(14)8-16-12(11)15-7-9-4-2-1-3-5-9/h6,8-9H,1-5,7,14H2,(H,15,16). The van der Waals surface area contributed by atoms with Gasteiger partial charge in [0.25, 0.3) is 0 Å². The van der Waals surface area contributed by atoms with Crippen LogP contribution in [-0.4, -0.2) is 11.5 Å². The van der Waals surface area contributed by atoms with Crippen molar-refractivity contribution in [3.63, 3.8) is 0 Å². The van der Waals surface area contributed by atoms with Crippen molar-refractivity contribution >= 4 is 23.1 Å². The predicted molar refractivity (Wildman–Crippen MR) is 68.7 cm³/mol. The maximum Gasteiger partial charge on any atom is 0.144 e. The lowest BCUT2D eigenvalue weighted by atomic mass is 9.89. The molecule has 16 heavy (non-hydrogen) atoms. The maximum absolute atomic E-state index is 6.04. The number of hydrogen-bond acceptors (Lipinski definition) is 3. The van der Waals surface area contributed by atoms with E-state index in [-0.39, 0.29) is 0 Å². The number of nitrogen functional groups attached to an aromatic ring is 1. The average Bonchev–Trinajstić information content (AvgIpc) is 2.29. The Morgan fingerprint density at radius 3 is 2.81 bits per heavy atom. The van der Waals surface area contributed by atoms with Gasteiger partial charge in [-0.05, 0) is 24.8 Å². The third-order valence-electron chi connectivity index (χ3n) is 3.15. The molecular formula is C12H18ClN3. The van der Waals surface area contributed by atoms with Gasteiger partial charge in [-0.3, -0.25) is 0 Å². The van der Waals surface area contributed by atoms with E-state index in [1.165, 1.54) is 32.1 Å². The van der Waals surface area contributed by atoms with E-state index in [1.807, 2.05) is 0 Å². The Morgan fingerprint density at radius 2 is 2.12 bits per heavy atom. The molecule has 0 radical (unpaired) electrons. The highest BCUT2D eigenvalue weighted by atomic mass is 35.5. The summed E-state index contributed by atoms with van der Waals surface area (Å²) in [7, 11) is 0. The van der Waals surface area contributed by atoms with E-state index in [0.717, 1.165) is 18.3 Å². The summed E-state index contributed by atoms with van der Waals surface area (Å²) in [5.41, 5.74) is 6.20. The summed E-state index contributed by atoms with van der Waals surface area (Å²) in [4.78, 5) is 4.19. The zero-order valence-corrected chi connectivity index (χ0v) is 10.1. The third kappa shape index (κ3) is 3.01. The van der Waals surface area contributed by atoms with Gasteiger partial charge in [0.2, 0.25) is 0 Å². The lowest BCUT2D eigenvalue weighted by molar-refractivity contribution is 0.373. The zero-order valence-electron chi connectivity index (χ0n) is 9.38. The second-order valence-corrected chi connectivity index (χ2v) is 4.89. The fourth-order valence-corrected chi connectivity index (χ4v) is 2.46. The van der Waals surface area contributed by atoms with E-state index in [2.05, 4.69) is 10.3 Å². The first-order chi connectivity index (χ1) is 7.75. The van der Waals surface area contributed by atoms with Crippen LogP contribution in [0.3, 0.4) is 0 Å². The summed E-state index contributed by atoms with van der Waals surface area (Å²) in [6, 6.07) is 1.73. The molecule has 2 rings (SSSR count). The molecule has 3 nitrogen and oxygen atoms in total. The van der Waals surface area contributed by atoms with Crippen LogP contribution >= 0.6 is 11.6 Å². The number of hydrogen-bond donors (Lipinski definition) is 2. The Kier molecular flexibility index (Phi) is 3.88. The number of pyridine rings is 1. The minimum absolute atomic E-state index is 0.605. The van der Waals surface area contributed by atoms with Crippen LogP contribution < -0.4 is 11.1 Å². The summed E-state index contributed by atoms with van der Waals surface area (Å²) in [6.45, 7) is 0.969. The van der Waals surface area contributed by atoms with Gasteiger partial charge < -0.3 is 11.1 Å². The van der Waals surface area contributed by atoms with Gasteiger partial charge in [0.05, 0.1) is 16.9 Å². The molecule has 0 unspecified atom stereocenters. The molecule has 0 spiro atoms. The van der Waals surface area contributed by atoms with Crippen molar-refractivity contribution in [2.75, 3.05) is 17.6 Å². The molecule has 88 valence electrons. The Balaban J connectivity index is 1.88. The monoisotopic (exact) mass is 239 g/mol. The third-order valence-corrected chi connectivity index (χ3v) is 3.43. The summed E-state index contributed by atoms with van der Waals surface area (Å²) < 4.78 is 0. The first kappa shape index (κ1) is 11.5. The molecule has 1 heterocycles. The molecule has 0 amide bonds. The van der Waals surface area contributed by atoms with Gasteiger partial charge in [-0.15, -0.1) is 0 Å². The van der Waals surface area contributed by atoms with Crippen molar-refractivity contribution in [1.29, 1.82) is 0 Å². The first-order valence-electron chi connectivity index (χ1n) is 5.90. The largest absolute Gasteiger partial charge is 0.397 e. The van der Waals surface area contributed by atoms with Crippen molar-refractivity contribution < 1.29 is 0 Å². The van der Waals surface area contributed by atoms with Crippen molar-refractivity contribution in [2.24, 2.45) is 5.92 Å². The molecule has 0 aliphatic heterocycles. The molecule has 4 heteroatoms. The van der Waals surface area contributed by atoms with Gasteiger partial charge >= 0.3 is 0 Å². The van der Waals surface area contributed by atoms with Crippen LogP contribution in [0.15, 0.2) is 12.3 Å². The molecule has 1 aliphatic rings. The molecule has 1 fully saturated rings. The number of nitrogens with two attached hydrogens (primary N) is 1. The maximum atomic E-state index is 6.04. The van der Waals surface area contributed by atoms with Crippen LogP contribution in [0, 0.1) is 5.92 Å². The lowest BCUT2D eigenvalue weighted by Gasteiger charge is -2.22. The van der Waals surface area contributed by atoms with Gasteiger partial charge in [-0.2, -0.15) is 0 Å². The van der Waals surface area contributed by atoms with Crippen LogP contribution in [0.25, 0.3) is 0 Å². The molecule has 1 aromatic rings. The Hall–Kier alpha value is -0.960. The number of rotatable bonds is 3. The number of nitrogens with one attached hydrogen (secondary N) is 1. The molecule has 1 aliphatic carbocycles. The fraction of sp³-hybridized carbons (Fsp3) is 0.583. The second-order valence-electron chi connectivity index (χ2n) is 4.48. The molecule has 0 bridgehead atoms. The summed E-state index contributed by atoms with van der Waals surface area (Å²) in [6.07, 6.45) is 8.37. The number of anilines is 2. The molecule has 1 aromatic heterocycles. The van der Waals surface area contributed by atoms with Crippen LogP contribution in [0.2, 0.25) is 5.02 Å². The van der Waals surface area contributed by atoms with Crippen molar-refractivity contribution in [1.82, 2.24) is 4.98 Å². The quantitative estimate of drug-likeness (QED) is 0.851.